The van der Waals surface area contributed by atoms with Crippen molar-refractivity contribution < 1.29 is 9.47 Å². The van der Waals surface area contributed by atoms with Crippen molar-refractivity contribution in [2.75, 3.05) is 38.7 Å². The second-order valence-electron chi connectivity index (χ2n) is 11.6. The lowest BCUT2D eigenvalue weighted by Crippen LogP contribution is -2.27. The van der Waals surface area contributed by atoms with E-state index in [0.29, 0.717) is 30.4 Å². The Hall–Kier alpha value is -4.45. The van der Waals surface area contributed by atoms with Crippen molar-refractivity contribution in [3.8, 4) is 16.3 Å². The molecule has 7 rings (SSSR count). The number of ether oxygens (including phenoxy) is 2. The fourth-order valence-electron chi connectivity index (χ4n) is 6.08. The molecule has 0 bridgehead atoms. The first kappa shape index (κ1) is 29.3. The lowest BCUT2D eigenvalue weighted by Gasteiger charge is -2.24. The van der Waals surface area contributed by atoms with E-state index in [-0.39, 0.29) is 24.1 Å². The first-order chi connectivity index (χ1) is 22.0. The number of benzene rings is 1. The summed E-state index contributed by atoms with van der Waals surface area (Å²) in [6.07, 6.45) is 10.00. The maximum Gasteiger partial charge on any atom is 0.260 e. The lowest BCUT2D eigenvalue weighted by molar-refractivity contribution is 0.0808. The van der Waals surface area contributed by atoms with Crippen LogP contribution < -0.4 is 15.6 Å². The highest BCUT2D eigenvalue weighted by Crippen LogP contribution is 2.31. The van der Waals surface area contributed by atoms with E-state index < -0.39 is 0 Å². The molecule has 1 atom stereocenters. The average Bonchev–Trinajstić information content (AvgIpc) is 3.76. The Kier molecular flexibility index (Phi) is 8.38. The fourth-order valence-corrected chi connectivity index (χ4v) is 6.78. The van der Waals surface area contributed by atoms with Crippen LogP contribution in [0.5, 0.6) is 5.75 Å². The highest BCUT2D eigenvalue weighted by Gasteiger charge is 2.23. The molecule has 0 saturated carbocycles. The number of pyridine rings is 2. The molecule has 2 aliphatic heterocycles. The molecule has 0 radical (unpaired) electrons. The van der Waals surface area contributed by atoms with Crippen LogP contribution in [0.15, 0.2) is 77.9 Å². The van der Waals surface area contributed by atoms with Gasteiger partial charge in [0.2, 0.25) is 5.95 Å². The van der Waals surface area contributed by atoms with E-state index >= 15 is 0 Å². The van der Waals surface area contributed by atoms with Gasteiger partial charge < -0.3 is 19.7 Å². The van der Waals surface area contributed by atoms with Gasteiger partial charge in [0.15, 0.2) is 0 Å². The topological polar surface area (TPSA) is 107 Å². The molecule has 1 N–H and O–H groups in total. The number of hydrogen-bond acceptors (Lipinski definition) is 10. The summed E-state index contributed by atoms with van der Waals surface area (Å²) in [7, 11) is 2.11. The Morgan fingerprint density at radius 2 is 1.96 bits per heavy atom. The van der Waals surface area contributed by atoms with Crippen LogP contribution in [0, 0.1) is 5.92 Å². The lowest BCUT2D eigenvalue weighted by atomic mass is 9.88. The van der Waals surface area contributed by atoms with E-state index in [4.69, 9.17) is 14.5 Å². The van der Waals surface area contributed by atoms with Gasteiger partial charge in [0.1, 0.15) is 22.5 Å². The minimum atomic E-state index is -0.142. The normalized spacial score (nSPS) is 17.5. The summed E-state index contributed by atoms with van der Waals surface area (Å²) in [5, 5.41) is 6.87. The Morgan fingerprint density at radius 1 is 1.11 bits per heavy atom. The van der Waals surface area contributed by atoms with Crippen LogP contribution in [-0.4, -0.2) is 68.9 Å². The largest absolute Gasteiger partial charge is 0.489 e. The van der Waals surface area contributed by atoms with Gasteiger partial charge in [-0.1, -0.05) is 6.58 Å². The van der Waals surface area contributed by atoms with Gasteiger partial charge in [-0.3, -0.25) is 14.3 Å². The number of nitrogens with one attached hydrogen (secondary N) is 1. The van der Waals surface area contributed by atoms with Crippen LogP contribution in [0.3, 0.4) is 0 Å². The van der Waals surface area contributed by atoms with Crippen molar-refractivity contribution in [1.82, 2.24) is 29.4 Å². The van der Waals surface area contributed by atoms with E-state index in [1.807, 2.05) is 41.8 Å². The van der Waals surface area contributed by atoms with Crippen molar-refractivity contribution in [3.63, 3.8) is 0 Å². The summed E-state index contributed by atoms with van der Waals surface area (Å²) in [5.41, 5.74) is 4.44. The summed E-state index contributed by atoms with van der Waals surface area (Å²) >= 11 is 1.55. The second kappa shape index (κ2) is 12.9. The molecule has 0 aliphatic carbocycles. The Labute approximate surface area is 265 Å². The van der Waals surface area contributed by atoms with Gasteiger partial charge in [-0.2, -0.15) is 4.98 Å². The number of likely N-dealkylation sites (N-methyl/N-ethyl adjacent to an activating group) is 1. The number of thiazole rings is 1. The molecule has 1 unspecified atom stereocenters. The van der Waals surface area contributed by atoms with Crippen molar-refractivity contribution in [2.24, 2.45) is 5.92 Å². The van der Waals surface area contributed by atoms with E-state index in [9.17, 15) is 4.79 Å². The number of hydrogen-bond donors (Lipinski definition) is 1. The molecule has 2 saturated heterocycles. The molecular formula is C34H35N7O3S. The van der Waals surface area contributed by atoms with Gasteiger partial charge >= 0.3 is 0 Å². The maximum absolute atomic E-state index is 14.3. The molecule has 5 aromatic rings. The molecule has 11 heteroatoms. The van der Waals surface area contributed by atoms with Crippen molar-refractivity contribution in [3.05, 3.63) is 94.6 Å². The minimum absolute atomic E-state index is 0.142. The monoisotopic (exact) mass is 621 g/mol. The van der Waals surface area contributed by atoms with Crippen LogP contribution in [-0.2, 0) is 11.3 Å². The van der Waals surface area contributed by atoms with Crippen molar-refractivity contribution >= 4 is 39.6 Å². The molecule has 2 fully saturated rings. The highest BCUT2D eigenvalue weighted by atomic mass is 32.1. The minimum Gasteiger partial charge on any atom is -0.489 e. The third kappa shape index (κ3) is 6.37. The molecule has 0 spiro atoms. The van der Waals surface area contributed by atoms with Gasteiger partial charge in [-0.25, -0.2) is 9.97 Å². The average molecular weight is 622 g/mol. The molecule has 1 aromatic carbocycles. The van der Waals surface area contributed by atoms with Gasteiger partial charge in [-0.15, -0.1) is 11.3 Å². The van der Waals surface area contributed by atoms with Crippen molar-refractivity contribution in [2.45, 2.75) is 31.9 Å². The van der Waals surface area contributed by atoms with Gasteiger partial charge in [-0.05, 0) is 74.2 Å². The summed E-state index contributed by atoms with van der Waals surface area (Å²) in [6.45, 7) is 7.97. The molecule has 6 heterocycles. The number of rotatable bonds is 9. The predicted molar refractivity (Wildman–Crippen MR) is 177 cm³/mol. The number of fused-ring (bicyclic) bond motifs is 1. The van der Waals surface area contributed by atoms with Crippen LogP contribution in [0.1, 0.15) is 30.4 Å². The van der Waals surface area contributed by atoms with Crippen LogP contribution >= 0.6 is 11.3 Å². The fraction of sp³-hybridized carbons (Fsp3) is 0.324. The Morgan fingerprint density at radius 3 is 2.71 bits per heavy atom. The van der Waals surface area contributed by atoms with E-state index in [2.05, 4.69) is 38.8 Å². The third-order valence-corrected chi connectivity index (χ3v) is 9.35. The zero-order chi connectivity index (χ0) is 30.8. The molecule has 4 aromatic heterocycles. The third-order valence-electron chi connectivity index (χ3n) is 8.54. The molecular weight excluding hydrogens is 586 g/mol. The quantitative estimate of drug-likeness (QED) is 0.224. The van der Waals surface area contributed by atoms with Crippen LogP contribution in [0.2, 0.25) is 0 Å². The zero-order valence-electron chi connectivity index (χ0n) is 25.2. The number of nitrogens with zero attached hydrogens (tertiary/aromatic N) is 6. The van der Waals surface area contributed by atoms with Gasteiger partial charge in [0.25, 0.3) is 5.56 Å². The molecule has 45 heavy (non-hydrogen) atoms. The smallest absolute Gasteiger partial charge is 0.260 e. The van der Waals surface area contributed by atoms with Gasteiger partial charge in [0, 0.05) is 84.2 Å². The number of allylic oxidation sites excluding steroid dienone is 1. The molecule has 230 valence electrons. The Balaban J connectivity index is 1.23. The van der Waals surface area contributed by atoms with E-state index in [1.54, 1.807) is 40.7 Å². The maximum atomic E-state index is 14.3. The zero-order valence-corrected chi connectivity index (χ0v) is 26.0. The summed E-state index contributed by atoms with van der Waals surface area (Å²) in [6, 6.07) is 11.6. The van der Waals surface area contributed by atoms with Crippen molar-refractivity contribution in [1.29, 1.82) is 0 Å². The number of aromatic nitrogens is 5. The molecule has 0 amide bonds. The predicted octanol–water partition coefficient (Wildman–Crippen LogP) is 5.62. The number of anilines is 2. The first-order valence-corrected chi connectivity index (χ1v) is 16.1. The number of likely N-dealkylation sites (tertiary alicyclic amines) is 1. The Bertz CT molecular complexity index is 1870. The standard InChI is InChI=1S/C34H35N7O3S/c1-22(23-9-14-43-15-10-23)30-17-24-19-37-34(38-26-3-5-27(6-4-26)44-28-8-13-40(2)21-28)39-31(24)41(33(30)42)20-25-18-35-11-7-29(25)32-36-12-16-45-32/h3-7,11-12,16-19,23,28H,1,8-10,13-15,20-21H2,2H3,(H,37,38,39). The van der Waals surface area contributed by atoms with Gasteiger partial charge in [0.05, 0.1) is 6.54 Å². The SMILES string of the molecule is C=C(c1cc2cnc(Nc3ccc(OC4CCN(C)C4)cc3)nc2n(Cc2cnccc2-c2nccs2)c1=O)C1CCOCC1. The van der Waals surface area contributed by atoms with Crippen LogP contribution in [0.4, 0.5) is 11.6 Å². The summed E-state index contributed by atoms with van der Waals surface area (Å²) in [4.78, 5) is 34.9. The van der Waals surface area contributed by atoms with E-state index in [0.717, 1.165) is 70.9 Å². The second-order valence-corrected chi connectivity index (χ2v) is 12.5. The van der Waals surface area contributed by atoms with Crippen LogP contribution in [0.25, 0.3) is 27.2 Å². The first-order valence-electron chi connectivity index (χ1n) is 15.2. The molecule has 2 aliphatic rings. The summed E-state index contributed by atoms with van der Waals surface area (Å²) in [5.74, 6) is 1.41. The summed E-state index contributed by atoms with van der Waals surface area (Å²) < 4.78 is 13.4. The molecule has 10 nitrogen and oxygen atoms in total. The van der Waals surface area contributed by atoms with E-state index in [1.165, 1.54) is 0 Å². The highest BCUT2D eigenvalue weighted by molar-refractivity contribution is 7.13.